The number of aromatic nitrogens is 1. The second-order valence-corrected chi connectivity index (χ2v) is 5.44. The third kappa shape index (κ3) is 3.55. The number of aromatic amines is 1. The minimum atomic E-state index is -0.936. The van der Waals surface area contributed by atoms with Crippen LogP contribution in [0.15, 0.2) is 48.5 Å². The molecule has 3 rings (SSSR count). The zero-order valence-electron chi connectivity index (χ0n) is 12.2. The third-order valence-electron chi connectivity index (χ3n) is 3.40. The molecule has 1 heterocycles. The largest absolute Gasteiger partial charge is 1.00 e. The van der Waals surface area contributed by atoms with E-state index in [4.69, 9.17) is 16.7 Å². The van der Waals surface area contributed by atoms with Crippen LogP contribution >= 0.6 is 11.6 Å². The number of anilines is 2. The number of carbonyl (C=O) groups is 1. The second kappa shape index (κ2) is 6.86. The summed E-state index contributed by atoms with van der Waals surface area (Å²) in [6.07, 6.45) is 0. The van der Waals surface area contributed by atoms with Crippen molar-refractivity contribution in [2.24, 2.45) is 0 Å². The van der Waals surface area contributed by atoms with Crippen molar-refractivity contribution >= 4 is 39.8 Å². The first kappa shape index (κ1) is 17.1. The maximum absolute atomic E-state index is 10.9. The summed E-state index contributed by atoms with van der Waals surface area (Å²) in [6.45, 7) is 1.96. The molecule has 2 aromatic carbocycles. The van der Waals surface area contributed by atoms with Crippen LogP contribution in [-0.2, 0) is 0 Å². The Bertz CT molecular complexity index is 864. The number of hydrogen-bond donors (Lipinski definition) is 2. The van der Waals surface area contributed by atoms with Gasteiger partial charge in [-0.15, -0.1) is 0 Å². The lowest BCUT2D eigenvalue weighted by Gasteiger charge is -2.09. The highest BCUT2D eigenvalue weighted by Gasteiger charge is 2.12. The van der Waals surface area contributed by atoms with Crippen molar-refractivity contribution in [2.75, 3.05) is 5.32 Å². The first-order chi connectivity index (χ1) is 10.5. The van der Waals surface area contributed by atoms with Gasteiger partial charge in [0.1, 0.15) is 5.02 Å². The van der Waals surface area contributed by atoms with Crippen molar-refractivity contribution < 1.29 is 27.3 Å². The molecular formula is C17H14Cl2N2O2. The van der Waals surface area contributed by atoms with Crippen LogP contribution in [0.5, 0.6) is 0 Å². The van der Waals surface area contributed by atoms with Crippen molar-refractivity contribution in [3.63, 3.8) is 0 Å². The molecule has 0 radical (unpaired) electrons. The van der Waals surface area contributed by atoms with E-state index >= 15 is 0 Å². The van der Waals surface area contributed by atoms with Gasteiger partial charge in [0.05, 0.1) is 16.6 Å². The van der Waals surface area contributed by atoms with Crippen molar-refractivity contribution in [1.29, 1.82) is 0 Å². The number of fused-ring (bicyclic) bond motifs is 1. The van der Waals surface area contributed by atoms with Gasteiger partial charge in [-0.1, -0.05) is 17.7 Å². The number of halogens is 2. The number of hydrogen-bond acceptors (Lipinski definition) is 2. The Balaban J connectivity index is 0.00000192. The molecule has 0 aliphatic heterocycles. The second-order valence-electron chi connectivity index (χ2n) is 5.04. The Labute approximate surface area is 144 Å². The Kier molecular flexibility index (Phi) is 5.08. The first-order valence-electron chi connectivity index (χ1n) is 6.76. The van der Waals surface area contributed by atoms with Gasteiger partial charge in [0.15, 0.2) is 5.69 Å². The molecule has 0 saturated heterocycles. The van der Waals surface area contributed by atoms with Crippen molar-refractivity contribution in [2.45, 2.75) is 6.92 Å². The van der Waals surface area contributed by atoms with Gasteiger partial charge in [-0.05, 0) is 36.4 Å². The predicted molar refractivity (Wildman–Crippen MR) is 86.9 cm³/mol. The number of pyridine rings is 1. The number of carboxylic acids is 1. The zero-order valence-corrected chi connectivity index (χ0v) is 13.7. The van der Waals surface area contributed by atoms with Crippen molar-refractivity contribution in [1.82, 2.24) is 0 Å². The minimum absolute atomic E-state index is 0. The molecule has 0 unspecified atom stereocenters. The summed E-state index contributed by atoms with van der Waals surface area (Å²) >= 11 is 6.24. The number of rotatable bonds is 3. The van der Waals surface area contributed by atoms with E-state index in [0.717, 1.165) is 28.0 Å². The summed E-state index contributed by atoms with van der Waals surface area (Å²) in [6, 6.07) is 14.3. The van der Waals surface area contributed by atoms with E-state index in [1.165, 1.54) is 0 Å². The van der Waals surface area contributed by atoms with Gasteiger partial charge < -0.3 is 22.8 Å². The summed E-state index contributed by atoms with van der Waals surface area (Å²) in [4.78, 5) is 14.1. The lowest BCUT2D eigenvalue weighted by atomic mass is 10.1. The molecular weight excluding hydrogens is 335 g/mol. The Hall–Kier alpha value is -2.30. The molecule has 0 spiro atoms. The maximum atomic E-state index is 10.9. The predicted octanol–water partition coefficient (Wildman–Crippen LogP) is 1.06. The van der Waals surface area contributed by atoms with E-state index in [0.29, 0.717) is 5.02 Å². The molecule has 23 heavy (non-hydrogen) atoms. The number of para-hydroxylation sites is 1. The molecule has 1 aromatic heterocycles. The van der Waals surface area contributed by atoms with Crippen LogP contribution in [0.1, 0.15) is 16.1 Å². The topological polar surface area (TPSA) is 63.5 Å². The lowest BCUT2D eigenvalue weighted by molar-refractivity contribution is -0.354. The molecule has 6 heteroatoms. The van der Waals surface area contributed by atoms with Crippen molar-refractivity contribution in [3.8, 4) is 0 Å². The molecule has 3 N–H and O–H groups in total. The van der Waals surface area contributed by atoms with Crippen LogP contribution in [0.4, 0.5) is 11.4 Å². The lowest BCUT2D eigenvalue weighted by Crippen LogP contribution is -3.00. The number of benzene rings is 2. The van der Waals surface area contributed by atoms with E-state index in [1.54, 1.807) is 24.3 Å². The minimum Gasteiger partial charge on any atom is -1.00 e. The molecule has 3 aromatic rings. The van der Waals surface area contributed by atoms with Crippen molar-refractivity contribution in [3.05, 3.63) is 64.8 Å². The third-order valence-corrected chi connectivity index (χ3v) is 3.71. The molecule has 0 amide bonds. The van der Waals surface area contributed by atoms with Gasteiger partial charge in [-0.3, -0.25) is 0 Å². The molecule has 0 atom stereocenters. The molecule has 0 saturated carbocycles. The smallest absolute Gasteiger partial charge is 0.335 e. The van der Waals surface area contributed by atoms with E-state index in [-0.39, 0.29) is 18.0 Å². The van der Waals surface area contributed by atoms with E-state index < -0.39 is 5.97 Å². The number of carboxylic acid groups (broad SMARTS) is 1. The van der Waals surface area contributed by atoms with Crippen LogP contribution in [0.25, 0.3) is 10.9 Å². The summed E-state index contributed by atoms with van der Waals surface area (Å²) in [5, 5.41) is 13.9. The Morgan fingerprint density at radius 2 is 1.87 bits per heavy atom. The van der Waals surface area contributed by atoms with Gasteiger partial charge in [0.2, 0.25) is 5.52 Å². The Morgan fingerprint density at radius 1 is 1.17 bits per heavy atom. The highest BCUT2D eigenvalue weighted by Crippen LogP contribution is 2.28. The first-order valence-corrected chi connectivity index (χ1v) is 7.14. The van der Waals surface area contributed by atoms with E-state index in [1.807, 2.05) is 31.2 Å². The molecule has 0 aliphatic rings. The molecule has 0 aliphatic carbocycles. The van der Waals surface area contributed by atoms with Crippen LogP contribution in [0.3, 0.4) is 0 Å². The average Bonchev–Trinajstić information content (AvgIpc) is 2.49. The van der Waals surface area contributed by atoms with E-state index in [9.17, 15) is 4.79 Å². The monoisotopic (exact) mass is 348 g/mol. The fourth-order valence-corrected chi connectivity index (χ4v) is 2.58. The van der Waals surface area contributed by atoms with Crippen LogP contribution < -0.4 is 22.7 Å². The zero-order chi connectivity index (χ0) is 15.7. The highest BCUT2D eigenvalue weighted by molar-refractivity contribution is 6.35. The van der Waals surface area contributed by atoms with Gasteiger partial charge in [-0.25, -0.2) is 9.78 Å². The molecule has 0 bridgehead atoms. The van der Waals surface area contributed by atoms with Gasteiger partial charge in [-0.2, -0.15) is 0 Å². The highest BCUT2D eigenvalue weighted by atomic mass is 35.5. The fourth-order valence-electron chi connectivity index (χ4n) is 2.36. The van der Waals surface area contributed by atoms with E-state index in [2.05, 4.69) is 10.3 Å². The number of nitrogens with one attached hydrogen (secondary N) is 2. The SMILES string of the molecule is Cc1cc(Nc2ccc(C(=O)O)cc2)c2cccc(Cl)c2[nH+]1.[Cl-]. The van der Waals surface area contributed by atoms with Gasteiger partial charge in [0.25, 0.3) is 0 Å². The van der Waals surface area contributed by atoms with Gasteiger partial charge >= 0.3 is 5.97 Å². The normalized spacial score (nSPS) is 10.2. The average molecular weight is 349 g/mol. The molecule has 0 fully saturated rings. The molecule has 118 valence electrons. The molecule has 4 nitrogen and oxygen atoms in total. The fraction of sp³-hybridized carbons (Fsp3) is 0.0588. The van der Waals surface area contributed by atoms with Crippen LogP contribution in [0.2, 0.25) is 5.02 Å². The number of H-pyrrole nitrogens is 1. The maximum Gasteiger partial charge on any atom is 0.335 e. The summed E-state index contributed by atoms with van der Waals surface area (Å²) in [7, 11) is 0. The van der Waals surface area contributed by atoms with Gasteiger partial charge in [0, 0.05) is 18.7 Å². The van der Waals surface area contributed by atoms with Crippen LogP contribution in [-0.4, -0.2) is 11.1 Å². The summed E-state index contributed by atoms with van der Waals surface area (Å²) in [5.41, 5.74) is 3.84. The Morgan fingerprint density at radius 3 is 2.52 bits per heavy atom. The quantitative estimate of drug-likeness (QED) is 0.743. The number of aromatic carboxylic acids is 1. The van der Waals surface area contributed by atoms with Crippen LogP contribution in [0, 0.1) is 6.92 Å². The summed E-state index contributed by atoms with van der Waals surface area (Å²) in [5.74, 6) is -0.936. The summed E-state index contributed by atoms with van der Waals surface area (Å²) < 4.78 is 0. The standard InChI is InChI=1S/C17H13ClN2O2.ClH/c1-10-9-15(13-3-2-4-14(18)16(13)19-10)20-12-7-5-11(6-8-12)17(21)22;/h2-9H,1H3,(H,19,20)(H,21,22);1H. The number of aryl methyl sites for hydroxylation is 1.